The average Bonchev–Trinajstić information content (AvgIpc) is 3.49. The first-order valence-corrected chi connectivity index (χ1v) is 12.1. The zero-order valence-corrected chi connectivity index (χ0v) is 19.8. The Balaban J connectivity index is 1.22. The highest BCUT2D eigenvalue weighted by Crippen LogP contribution is 2.32. The lowest BCUT2D eigenvalue weighted by atomic mass is 10.0. The van der Waals surface area contributed by atoms with E-state index < -0.39 is 0 Å². The van der Waals surface area contributed by atoms with Gasteiger partial charge in [0.05, 0.1) is 24.5 Å². The van der Waals surface area contributed by atoms with E-state index in [0.717, 1.165) is 41.6 Å². The van der Waals surface area contributed by atoms with Crippen LogP contribution < -0.4 is 10.6 Å². The van der Waals surface area contributed by atoms with E-state index in [1.165, 1.54) is 5.06 Å². The molecule has 0 radical (unpaired) electrons. The summed E-state index contributed by atoms with van der Waals surface area (Å²) >= 11 is 0. The third-order valence-corrected chi connectivity index (χ3v) is 6.58. The standard InChI is InChI=1S/C27H26N6O3/c1-17-7-8-20(21-11-12-25-29-24(16-32(25)31-21)30-26(34)19-9-10-19)15-22(17)28-27(35)33-23(13-14-36-33)18-5-3-2-4-6-18/h2-8,11-12,15-16,19,23H,9-10,13-14H2,1H3,(H,28,35)(H,30,34)/t23-/m0/s1. The summed E-state index contributed by atoms with van der Waals surface area (Å²) < 4.78 is 1.65. The van der Waals surface area contributed by atoms with Crippen molar-refractivity contribution in [2.24, 2.45) is 5.92 Å². The van der Waals surface area contributed by atoms with Gasteiger partial charge in [-0.2, -0.15) is 10.2 Å². The molecule has 2 aliphatic rings. The second-order valence-corrected chi connectivity index (χ2v) is 9.25. The number of anilines is 2. The van der Waals surface area contributed by atoms with Gasteiger partial charge in [0.15, 0.2) is 11.5 Å². The molecule has 0 spiro atoms. The minimum atomic E-state index is -0.310. The summed E-state index contributed by atoms with van der Waals surface area (Å²) in [6.07, 6.45) is 4.33. The van der Waals surface area contributed by atoms with Crippen LogP contribution in [0.5, 0.6) is 0 Å². The molecule has 1 saturated heterocycles. The number of aryl methyl sites for hydroxylation is 1. The van der Waals surface area contributed by atoms with E-state index in [1.54, 1.807) is 10.7 Å². The van der Waals surface area contributed by atoms with Crippen LogP contribution in [0.2, 0.25) is 0 Å². The number of hydroxylamine groups is 2. The molecule has 36 heavy (non-hydrogen) atoms. The van der Waals surface area contributed by atoms with Crippen molar-refractivity contribution in [3.05, 3.63) is 78.0 Å². The second-order valence-electron chi connectivity index (χ2n) is 9.25. The Hall–Kier alpha value is -4.24. The van der Waals surface area contributed by atoms with E-state index in [4.69, 9.17) is 4.84 Å². The van der Waals surface area contributed by atoms with Crippen molar-refractivity contribution >= 4 is 29.1 Å². The minimum Gasteiger partial charge on any atom is -0.309 e. The Labute approximate surface area is 208 Å². The van der Waals surface area contributed by atoms with Gasteiger partial charge in [0.2, 0.25) is 5.91 Å². The summed E-state index contributed by atoms with van der Waals surface area (Å²) in [5.41, 5.74) is 4.86. The van der Waals surface area contributed by atoms with Crippen molar-refractivity contribution in [1.29, 1.82) is 0 Å². The number of hydrogen-bond donors (Lipinski definition) is 2. The molecule has 4 aromatic rings. The van der Waals surface area contributed by atoms with Crippen LogP contribution in [0.15, 0.2) is 66.9 Å². The van der Waals surface area contributed by atoms with Crippen molar-refractivity contribution in [2.75, 3.05) is 17.2 Å². The van der Waals surface area contributed by atoms with E-state index in [0.29, 0.717) is 23.8 Å². The molecule has 3 heterocycles. The molecule has 2 N–H and O–H groups in total. The van der Waals surface area contributed by atoms with Crippen LogP contribution in [0.1, 0.15) is 36.4 Å². The lowest BCUT2D eigenvalue weighted by Crippen LogP contribution is -2.33. The van der Waals surface area contributed by atoms with Gasteiger partial charge in [-0.3, -0.25) is 9.63 Å². The highest BCUT2D eigenvalue weighted by Gasteiger charge is 2.32. The molecule has 9 nitrogen and oxygen atoms in total. The largest absolute Gasteiger partial charge is 0.346 e. The zero-order chi connectivity index (χ0) is 24.6. The first-order valence-electron chi connectivity index (χ1n) is 12.1. The van der Waals surface area contributed by atoms with Gasteiger partial charge >= 0.3 is 6.03 Å². The van der Waals surface area contributed by atoms with Crippen molar-refractivity contribution in [1.82, 2.24) is 19.7 Å². The number of fused-ring (bicyclic) bond motifs is 1. The minimum absolute atomic E-state index is 0.00836. The molecule has 9 heteroatoms. The number of hydrogen-bond acceptors (Lipinski definition) is 5. The molecule has 2 aromatic carbocycles. The predicted octanol–water partition coefficient (Wildman–Crippen LogP) is 4.96. The molecular formula is C27H26N6O3. The maximum atomic E-state index is 13.1. The third kappa shape index (κ3) is 4.40. The number of carbonyl (C=O) groups is 2. The van der Waals surface area contributed by atoms with Gasteiger partial charge in [-0.25, -0.2) is 14.3 Å². The van der Waals surface area contributed by atoms with Crippen molar-refractivity contribution in [3.63, 3.8) is 0 Å². The molecule has 0 unspecified atom stereocenters. The molecule has 1 atom stereocenters. The van der Waals surface area contributed by atoms with Crippen LogP contribution in [-0.2, 0) is 9.63 Å². The Kier molecular flexibility index (Phi) is 5.61. The van der Waals surface area contributed by atoms with Crippen molar-refractivity contribution in [2.45, 2.75) is 32.2 Å². The summed E-state index contributed by atoms with van der Waals surface area (Å²) in [4.78, 5) is 35.3. The fraction of sp³-hybridized carbons (Fsp3) is 0.259. The fourth-order valence-electron chi connectivity index (χ4n) is 4.40. The Morgan fingerprint density at radius 3 is 2.64 bits per heavy atom. The number of imidazole rings is 1. The van der Waals surface area contributed by atoms with Gasteiger partial charge in [-0.05, 0) is 49.1 Å². The highest BCUT2D eigenvalue weighted by molar-refractivity contribution is 5.93. The van der Waals surface area contributed by atoms with Gasteiger partial charge in [0.25, 0.3) is 0 Å². The number of carbonyl (C=O) groups excluding carboxylic acids is 2. The molecule has 182 valence electrons. The molecule has 6 rings (SSSR count). The van der Waals surface area contributed by atoms with Gasteiger partial charge in [-0.15, -0.1) is 0 Å². The first kappa shape index (κ1) is 22.2. The smallest absolute Gasteiger partial charge is 0.309 e. The van der Waals surface area contributed by atoms with Crippen molar-refractivity contribution < 1.29 is 14.4 Å². The van der Waals surface area contributed by atoms with Crippen LogP contribution in [0.3, 0.4) is 0 Å². The fourth-order valence-corrected chi connectivity index (χ4v) is 4.40. The number of rotatable bonds is 5. The molecule has 2 fully saturated rings. The van der Waals surface area contributed by atoms with E-state index in [2.05, 4.69) is 20.7 Å². The van der Waals surface area contributed by atoms with Gasteiger partial charge < -0.3 is 10.6 Å². The van der Waals surface area contributed by atoms with Crippen LogP contribution >= 0.6 is 0 Å². The topological polar surface area (TPSA) is 101 Å². The van der Waals surface area contributed by atoms with Gasteiger partial charge in [0.1, 0.15) is 0 Å². The van der Waals surface area contributed by atoms with Gasteiger partial charge in [0, 0.05) is 23.6 Å². The summed E-state index contributed by atoms with van der Waals surface area (Å²) in [5.74, 6) is 0.606. The number of amides is 3. The van der Waals surface area contributed by atoms with E-state index in [1.807, 2.05) is 67.6 Å². The molecule has 3 amide bonds. The van der Waals surface area contributed by atoms with Gasteiger partial charge in [-0.1, -0.05) is 42.5 Å². The lowest BCUT2D eigenvalue weighted by Gasteiger charge is -2.23. The number of urea groups is 1. The second kappa shape index (κ2) is 9.09. The number of benzene rings is 2. The first-order chi connectivity index (χ1) is 17.5. The van der Waals surface area contributed by atoms with Crippen LogP contribution in [0.25, 0.3) is 16.9 Å². The number of aromatic nitrogens is 3. The highest BCUT2D eigenvalue weighted by atomic mass is 16.7. The molecule has 1 aliphatic heterocycles. The maximum absolute atomic E-state index is 13.1. The molecule has 0 bridgehead atoms. The Bertz CT molecular complexity index is 1450. The zero-order valence-electron chi connectivity index (χ0n) is 19.8. The average molecular weight is 483 g/mol. The van der Waals surface area contributed by atoms with E-state index in [9.17, 15) is 9.59 Å². The third-order valence-electron chi connectivity index (χ3n) is 6.58. The van der Waals surface area contributed by atoms with Crippen LogP contribution in [0, 0.1) is 12.8 Å². The SMILES string of the molecule is Cc1ccc(-c2ccc3nc(NC(=O)C4CC4)cn3n2)cc1NC(=O)N1OCC[C@H]1c1ccccc1. The summed E-state index contributed by atoms with van der Waals surface area (Å²) in [5, 5.41) is 12.0. The molecule has 1 aliphatic carbocycles. The van der Waals surface area contributed by atoms with Crippen LogP contribution in [0.4, 0.5) is 16.3 Å². The maximum Gasteiger partial charge on any atom is 0.346 e. The molecule has 2 aromatic heterocycles. The normalized spacial score (nSPS) is 17.4. The quantitative estimate of drug-likeness (QED) is 0.419. The molecular weight excluding hydrogens is 456 g/mol. The summed E-state index contributed by atoms with van der Waals surface area (Å²) in [6, 6.07) is 19.0. The van der Waals surface area contributed by atoms with E-state index in [-0.39, 0.29) is 23.9 Å². The number of nitrogens with zero attached hydrogens (tertiary/aromatic N) is 4. The molecule has 1 saturated carbocycles. The van der Waals surface area contributed by atoms with Crippen LogP contribution in [-0.4, -0.2) is 38.2 Å². The predicted molar refractivity (Wildman–Crippen MR) is 135 cm³/mol. The van der Waals surface area contributed by atoms with E-state index >= 15 is 0 Å². The Morgan fingerprint density at radius 1 is 1.00 bits per heavy atom. The number of nitrogens with one attached hydrogen (secondary N) is 2. The summed E-state index contributed by atoms with van der Waals surface area (Å²) in [7, 11) is 0. The van der Waals surface area contributed by atoms with Crippen molar-refractivity contribution in [3.8, 4) is 11.3 Å². The summed E-state index contributed by atoms with van der Waals surface area (Å²) in [6.45, 7) is 2.43. The Morgan fingerprint density at radius 2 is 1.83 bits per heavy atom. The monoisotopic (exact) mass is 482 g/mol. The lowest BCUT2D eigenvalue weighted by molar-refractivity contribution is -0.117.